The molecule has 0 aliphatic heterocycles. The lowest BCUT2D eigenvalue weighted by Gasteiger charge is -2.15. The number of aromatic nitrogens is 4. The fourth-order valence-corrected chi connectivity index (χ4v) is 4.73. The van der Waals surface area contributed by atoms with Crippen LogP contribution in [0, 0.1) is 19.8 Å². The topological polar surface area (TPSA) is 81.8 Å². The minimum Gasteiger partial charge on any atom is -0.322 e. The van der Waals surface area contributed by atoms with Gasteiger partial charge in [0.1, 0.15) is 0 Å². The van der Waals surface area contributed by atoms with E-state index in [-0.39, 0.29) is 23.1 Å². The lowest BCUT2D eigenvalue weighted by Crippen LogP contribution is -2.26. The van der Waals surface area contributed by atoms with Crippen molar-refractivity contribution in [3.63, 3.8) is 0 Å². The van der Waals surface area contributed by atoms with Crippen LogP contribution in [0.15, 0.2) is 58.5 Å². The number of carbonyl (C=O) groups excluding carboxylic acids is 1. The monoisotopic (exact) mass is 495 g/mol. The second kappa shape index (κ2) is 10.0. The second-order valence-corrected chi connectivity index (χ2v) is 9.87. The lowest BCUT2D eigenvalue weighted by atomic mass is 10.2. The second-order valence-electron chi connectivity index (χ2n) is 8.50. The van der Waals surface area contributed by atoms with Crippen LogP contribution in [0.1, 0.15) is 25.2 Å². The largest absolute Gasteiger partial charge is 0.322 e. The van der Waals surface area contributed by atoms with Gasteiger partial charge in [0.25, 0.3) is 5.56 Å². The number of carbonyl (C=O) groups is 1. The summed E-state index contributed by atoms with van der Waals surface area (Å²) in [5.41, 5.74) is 3.58. The smallest absolute Gasteiger partial charge is 0.262 e. The number of rotatable bonds is 7. The Bertz CT molecular complexity index is 1410. The minimum atomic E-state index is -0.194. The third-order valence-corrected chi connectivity index (χ3v) is 6.53. The van der Waals surface area contributed by atoms with Gasteiger partial charge in [0, 0.05) is 11.6 Å². The Hall–Kier alpha value is -3.10. The van der Waals surface area contributed by atoms with Crippen LogP contribution in [-0.4, -0.2) is 31.0 Å². The van der Waals surface area contributed by atoms with Crippen LogP contribution in [0.4, 0.5) is 5.69 Å². The number of hydrogen-bond donors (Lipinski definition) is 1. The van der Waals surface area contributed by atoms with Gasteiger partial charge in [-0.1, -0.05) is 55.4 Å². The van der Waals surface area contributed by atoms with E-state index in [1.165, 1.54) is 11.8 Å². The maximum Gasteiger partial charge on any atom is 0.262 e. The molecule has 0 aliphatic rings. The highest BCUT2D eigenvalue weighted by Gasteiger charge is 2.18. The molecule has 34 heavy (non-hydrogen) atoms. The molecule has 0 bridgehead atoms. The predicted molar refractivity (Wildman–Crippen MR) is 138 cm³/mol. The average molecular weight is 496 g/mol. The van der Waals surface area contributed by atoms with E-state index in [9.17, 15) is 9.59 Å². The van der Waals surface area contributed by atoms with Gasteiger partial charge in [-0.2, -0.15) is 5.10 Å². The van der Waals surface area contributed by atoms with Crippen molar-refractivity contribution in [1.29, 1.82) is 0 Å². The highest BCUT2D eigenvalue weighted by atomic mass is 35.5. The van der Waals surface area contributed by atoms with Gasteiger partial charge in [-0.05, 0) is 50.1 Å². The van der Waals surface area contributed by atoms with E-state index in [1.807, 2.05) is 62.7 Å². The molecule has 2 aromatic carbocycles. The molecule has 7 nitrogen and oxygen atoms in total. The molecule has 2 heterocycles. The molecule has 1 amide bonds. The van der Waals surface area contributed by atoms with Crippen LogP contribution in [0.25, 0.3) is 16.6 Å². The Kier molecular flexibility index (Phi) is 7.09. The van der Waals surface area contributed by atoms with Crippen molar-refractivity contribution < 1.29 is 4.79 Å². The van der Waals surface area contributed by atoms with E-state index in [0.717, 1.165) is 17.1 Å². The van der Waals surface area contributed by atoms with Crippen LogP contribution >= 0.6 is 23.4 Å². The number of fused-ring (bicyclic) bond motifs is 1. The number of nitrogens with zero attached hydrogens (tertiary/aromatic N) is 4. The van der Waals surface area contributed by atoms with Crippen molar-refractivity contribution in [3.05, 3.63) is 75.3 Å². The molecule has 1 N–H and O–H groups in total. The van der Waals surface area contributed by atoms with Crippen molar-refractivity contribution in [3.8, 4) is 5.69 Å². The third-order valence-electron chi connectivity index (χ3n) is 5.32. The van der Waals surface area contributed by atoms with E-state index in [4.69, 9.17) is 11.6 Å². The number of aryl methyl sites for hydroxylation is 1. The first-order valence-corrected chi connectivity index (χ1v) is 12.4. The summed E-state index contributed by atoms with van der Waals surface area (Å²) in [6.45, 7) is 8.37. The number of thioether (sulfide) groups is 1. The Balaban J connectivity index is 1.57. The van der Waals surface area contributed by atoms with Crippen LogP contribution in [-0.2, 0) is 11.3 Å². The summed E-state index contributed by atoms with van der Waals surface area (Å²) in [6, 6.07) is 14.8. The summed E-state index contributed by atoms with van der Waals surface area (Å²) in [5.74, 6) is 0.151. The molecule has 176 valence electrons. The molecular weight excluding hydrogens is 470 g/mol. The van der Waals surface area contributed by atoms with Crippen molar-refractivity contribution >= 4 is 45.9 Å². The number of anilines is 1. The average Bonchev–Trinajstić information content (AvgIpc) is 3.08. The van der Waals surface area contributed by atoms with Crippen molar-refractivity contribution in [2.24, 2.45) is 5.92 Å². The lowest BCUT2D eigenvalue weighted by molar-refractivity contribution is -0.113. The summed E-state index contributed by atoms with van der Waals surface area (Å²) in [6.07, 6.45) is 0. The highest BCUT2D eigenvalue weighted by molar-refractivity contribution is 7.99. The molecule has 0 spiro atoms. The summed E-state index contributed by atoms with van der Waals surface area (Å²) in [5, 5.41) is 9.08. The number of benzene rings is 2. The number of nitrogens with one attached hydrogen (secondary N) is 1. The van der Waals surface area contributed by atoms with Crippen LogP contribution in [0.3, 0.4) is 0 Å². The fourth-order valence-electron chi connectivity index (χ4n) is 3.76. The van der Waals surface area contributed by atoms with Gasteiger partial charge in [0.15, 0.2) is 5.16 Å². The van der Waals surface area contributed by atoms with Crippen molar-refractivity contribution in [2.45, 2.75) is 39.4 Å². The fraction of sp³-hybridized carbons (Fsp3) is 0.280. The van der Waals surface area contributed by atoms with Gasteiger partial charge < -0.3 is 5.32 Å². The number of halogens is 1. The number of hydrogen-bond acceptors (Lipinski definition) is 5. The van der Waals surface area contributed by atoms with Crippen molar-refractivity contribution in [2.75, 3.05) is 11.1 Å². The first-order valence-electron chi connectivity index (χ1n) is 11.0. The zero-order valence-corrected chi connectivity index (χ0v) is 21.1. The maximum atomic E-state index is 13.1. The van der Waals surface area contributed by atoms with Crippen LogP contribution < -0.4 is 10.9 Å². The third kappa shape index (κ3) is 5.03. The normalized spacial score (nSPS) is 11.4. The summed E-state index contributed by atoms with van der Waals surface area (Å²) in [4.78, 5) is 30.6. The van der Waals surface area contributed by atoms with E-state index in [0.29, 0.717) is 33.3 Å². The molecule has 4 aromatic rings. The van der Waals surface area contributed by atoms with Crippen LogP contribution in [0.5, 0.6) is 0 Å². The molecule has 0 unspecified atom stereocenters. The van der Waals surface area contributed by atoms with Gasteiger partial charge in [0.2, 0.25) is 5.91 Å². The van der Waals surface area contributed by atoms with Gasteiger partial charge in [-0.15, -0.1) is 0 Å². The molecule has 4 rings (SSSR count). The molecule has 0 atom stereocenters. The zero-order valence-electron chi connectivity index (χ0n) is 19.5. The first kappa shape index (κ1) is 24.0. The van der Waals surface area contributed by atoms with Gasteiger partial charge >= 0.3 is 0 Å². The summed E-state index contributed by atoms with van der Waals surface area (Å²) < 4.78 is 3.45. The number of para-hydroxylation sites is 1. The maximum absolute atomic E-state index is 13.1. The molecule has 2 aromatic heterocycles. The molecule has 9 heteroatoms. The highest BCUT2D eigenvalue weighted by Crippen LogP contribution is 2.25. The Morgan fingerprint density at radius 1 is 1.15 bits per heavy atom. The van der Waals surface area contributed by atoms with Gasteiger partial charge in [0.05, 0.1) is 39.4 Å². The van der Waals surface area contributed by atoms with Crippen molar-refractivity contribution in [1.82, 2.24) is 19.3 Å². The van der Waals surface area contributed by atoms with E-state index in [2.05, 4.69) is 15.4 Å². The Morgan fingerprint density at radius 3 is 2.59 bits per heavy atom. The van der Waals surface area contributed by atoms with Crippen LogP contribution in [0.2, 0.25) is 5.02 Å². The molecule has 0 saturated carbocycles. The standard InChI is InChI=1S/C25H26ClN5O2S/c1-15(2)13-30-24(33)20-11-10-18(26)12-21(20)27-25(30)34-14-22(32)28-23-16(3)29-31(17(23)4)19-8-6-5-7-9-19/h5-12,15H,13-14H2,1-4H3,(H,28,32). The molecule has 0 aliphatic carbocycles. The van der Waals surface area contributed by atoms with E-state index < -0.39 is 0 Å². The summed E-state index contributed by atoms with van der Waals surface area (Å²) in [7, 11) is 0. The molecule has 0 saturated heterocycles. The minimum absolute atomic E-state index is 0.103. The van der Waals surface area contributed by atoms with E-state index >= 15 is 0 Å². The molecular formula is C25H26ClN5O2S. The van der Waals surface area contributed by atoms with Gasteiger partial charge in [-0.25, -0.2) is 9.67 Å². The first-order chi connectivity index (χ1) is 16.2. The summed E-state index contributed by atoms with van der Waals surface area (Å²) >= 11 is 7.35. The van der Waals surface area contributed by atoms with Gasteiger partial charge in [-0.3, -0.25) is 14.2 Å². The quantitative estimate of drug-likeness (QED) is 0.280. The SMILES string of the molecule is Cc1nn(-c2ccccc2)c(C)c1NC(=O)CSc1nc2cc(Cl)ccc2c(=O)n1CC(C)C. The molecule has 0 fully saturated rings. The predicted octanol–water partition coefficient (Wildman–Crippen LogP) is 5.24. The number of amides is 1. The Labute approximate surface area is 207 Å². The zero-order chi connectivity index (χ0) is 24.4. The Morgan fingerprint density at radius 2 is 1.88 bits per heavy atom. The van der Waals surface area contributed by atoms with E-state index in [1.54, 1.807) is 22.8 Å². The molecule has 0 radical (unpaired) electrons.